The van der Waals surface area contributed by atoms with Crippen molar-refractivity contribution in [2.24, 2.45) is 14.1 Å². The zero-order valence-electron chi connectivity index (χ0n) is 12.2. The Hall–Kier alpha value is -2.09. The van der Waals surface area contributed by atoms with E-state index >= 15 is 0 Å². The molecule has 0 saturated heterocycles. The minimum Gasteiger partial charge on any atom is -0.345 e. The first-order chi connectivity index (χ1) is 9.47. The molecule has 0 amide bonds. The van der Waals surface area contributed by atoms with Gasteiger partial charge < -0.3 is 15.2 Å². The highest BCUT2D eigenvalue weighted by molar-refractivity contribution is 5.72. The molecule has 2 aromatic heterocycles. The lowest BCUT2D eigenvalue weighted by Gasteiger charge is -2.14. The van der Waals surface area contributed by atoms with Gasteiger partial charge in [0, 0.05) is 27.7 Å². The zero-order chi connectivity index (χ0) is 14.9. The van der Waals surface area contributed by atoms with Crippen LogP contribution in [0.2, 0.25) is 0 Å². The lowest BCUT2D eigenvalue weighted by atomic mass is 10.4. The van der Waals surface area contributed by atoms with Crippen LogP contribution >= 0.6 is 0 Å². The number of nitrogens with zero attached hydrogens (tertiary/aromatic N) is 4. The molecule has 8 heteroatoms. The van der Waals surface area contributed by atoms with E-state index in [1.165, 1.54) is 11.6 Å². The molecule has 2 N–H and O–H groups in total. The van der Waals surface area contributed by atoms with Crippen molar-refractivity contribution in [1.82, 2.24) is 24.4 Å². The molecule has 0 atom stereocenters. The number of hydrogen-bond donors (Lipinski definition) is 2. The molecule has 8 nitrogen and oxygen atoms in total. The Kier molecular flexibility index (Phi) is 3.93. The van der Waals surface area contributed by atoms with Crippen molar-refractivity contribution in [3.63, 3.8) is 0 Å². The summed E-state index contributed by atoms with van der Waals surface area (Å²) in [6, 6.07) is 0. The van der Waals surface area contributed by atoms with E-state index in [-0.39, 0.29) is 11.2 Å². The van der Waals surface area contributed by atoms with Crippen LogP contribution in [-0.4, -0.2) is 46.3 Å². The van der Waals surface area contributed by atoms with Crippen LogP contribution in [0.25, 0.3) is 11.2 Å². The van der Waals surface area contributed by atoms with E-state index in [9.17, 15) is 9.59 Å². The van der Waals surface area contributed by atoms with Crippen molar-refractivity contribution in [3.8, 4) is 0 Å². The maximum Gasteiger partial charge on any atom is 0.332 e. The van der Waals surface area contributed by atoms with E-state index in [1.807, 2.05) is 19.0 Å². The van der Waals surface area contributed by atoms with Gasteiger partial charge in [-0.15, -0.1) is 0 Å². The predicted molar refractivity (Wildman–Crippen MR) is 78.4 cm³/mol. The van der Waals surface area contributed by atoms with E-state index in [1.54, 1.807) is 7.05 Å². The van der Waals surface area contributed by atoms with Crippen LogP contribution in [0.3, 0.4) is 0 Å². The van der Waals surface area contributed by atoms with Crippen molar-refractivity contribution < 1.29 is 0 Å². The highest BCUT2D eigenvalue weighted by atomic mass is 16.2. The smallest absolute Gasteiger partial charge is 0.332 e. The number of aryl methyl sites for hydroxylation is 1. The van der Waals surface area contributed by atoms with Crippen LogP contribution in [0, 0.1) is 0 Å². The highest BCUT2D eigenvalue weighted by Gasteiger charge is 2.15. The van der Waals surface area contributed by atoms with Crippen molar-refractivity contribution in [2.45, 2.75) is 6.42 Å². The first-order valence-corrected chi connectivity index (χ1v) is 6.48. The number of anilines is 1. The normalized spacial score (nSPS) is 11.2. The second-order valence-electron chi connectivity index (χ2n) is 4.84. The third kappa shape index (κ3) is 2.34. The molecule has 0 saturated carbocycles. The summed E-state index contributed by atoms with van der Waals surface area (Å²) >= 11 is 0. The number of fused-ring (bicyclic) bond motifs is 1. The van der Waals surface area contributed by atoms with Gasteiger partial charge in [0.2, 0.25) is 5.95 Å². The van der Waals surface area contributed by atoms with E-state index in [0.29, 0.717) is 17.1 Å². The Morgan fingerprint density at radius 2 is 2.00 bits per heavy atom. The summed E-state index contributed by atoms with van der Waals surface area (Å²) < 4.78 is 2.45. The van der Waals surface area contributed by atoms with Gasteiger partial charge in [-0.1, -0.05) is 0 Å². The summed E-state index contributed by atoms with van der Waals surface area (Å²) in [4.78, 5) is 33.2. The molecule has 20 heavy (non-hydrogen) atoms. The maximum atomic E-state index is 12.0. The number of nitrogens with one attached hydrogen (secondary N) is 2. The molecule has 2 aromatic rings. The number of aromatic amines is 1. The van der Waals surface area contributed by atoms with E-state index < -0.39 is 0 Å². The molecule has 0 aromatic carbocycles. The Bertz CT molecular complexity index is 726. The molecule has 0 radical (unpaired) electrons. The Labute approximate surface area is 116 Å². The van der Waals surface area contributed by atoms with Gasteiger partial charge in [-0.2, -0.15) is 4.98 Å². The van der Waals surface area contributed by atoms with Gasteiger partial charge in [-0.05, 0) is 20.0 Å². The lowest BCUT2D eigenvalue weighted by molar-refractivity contribution is 0.704. The average molecular weight is 280 g/mol. The number of imidazole rings is 1. The van der Waals surface area contributed by atoms with Crippen molar-refractivity contribution in [1.29, 1.82) is 0 Å². The molecule has 0 bridgehead atoms. The molecule has 0 aliphatic rings. The average Bonchev–Trinajstić information content (AvgIpc) is 2.88. The molecule has 0 aliphatic heterocycles. The van der Waals surface area contributed by atoms with Crippen molar-refractivity contribution >= 4 is 17.1 Å². The summed E-state index contributed by atoms with van der Waals surface area (Å²) in [5, 5.41) is 3.08. The second-order valence-corrected chi connectivity index (χ2v) is 4.84. The molecular formula is C12H20N6O2. The molecule has 0 spiro atoms. The van der Waals surface area contributed by atoms with Crippen molar-refractivity contribution in [2.75, 3.05) is 32.1 Å². The SMILES string of the molecule is CNCCCN(C)c1nc2c([nH]1)c(=O)n(C)c(=O)n2C. The quantitative estimate of drug-likeness (QED) is 0.686. The summed E-state index contributed by atoms with van der Waals surface area (Å²) in [6.45, 7) is 1.71. The fraction of sp³-hybridized carbons (Fsp3) is 0.583. The molecule has 2 heterocycles. The van der Waals surface area contributed by atoms with E-state index in [4.69, 9.17) is 0 Å². The van der Waals surface area contributed by atoms with Gasteiger partial charge >= 0.3 is 5.69 Å². The first kappa shape index (κ1) is 14.3. The maximum absolute atomic E-state index is 12.0. The van der Waals surface area contributed by atoms with Gasteiger partial charge in [0.05, 0.1) is 0 Å². The fourth-order valence-electron chi connectivity index (χ4n) is 2.09. The number of rotatable bonds is 5. The molecule has 110 valence electrons. The molecule has 0 unspecified atom stereocenters. The van der Waals surface area contributed by atoms with Crippen LogP contribution in [0.5, 0.6) is 0 Å². The fourth-order valence-corrected chi connectivity index (χ4v) is 2.09. The summed E-state index contributed by atoms with van der Waals surface area (Å²) in [5.74, 6) is 0.592. The standard InChI is InChI=1S/C12H20N6O2/c1-13-6-5-7-16(2)11-14-8-9(15-11)17(3)12(20)18(4)10(8)19/h13H,5-7H2,1-4H3,(H,14,15). The van der Waals surface area contributed by atoms with Gasteiger partial charge in [-0.25, -0.2) is 4.79 Å². The zero-order valence-corrected chi connectivity index (χ0v) is 12.2. The first-order valence-electron chi connectivity index (χ1n) is 6.48. The Morgan fingerprint density at radius 1 is 1.30 bits per heavy atom. The second kappa shape index (κ2) is 5.49. The third-order valence-corrected chi connectivity index (χ3v) is 3.36. The van der Waals surface area contributed by atoms with Gasteiger partial charge in [0.15, 0.2) is 11.2 Å². The van der Waals surface area contributed by atoms with Crippen LogP contribution in [0.1, 0.15) is 6.42 Å². The monoisotopic (exact) mass is 280 g/mol. The van der Waals surface area contributed by atoms with E-state index in [0.717, 1.165) is 24.1 Å². The molecule has 0 fully saturated rings. The van der Waals surface area contributed by atoms with Gasteiger partial charge in [0.25, 0.3) is 5.56 Å². The molecule has 0 aliphatic carbocycles. The van der Waals surface area contributed by atoms with Crippen LogP contribution < -0.4 is 21.5 Å². The summed E-state index contributed by atoms with van der Waals surface area (Å²) in [6.07, 6.45) is 0.959. The minimum absolute atomic E-state index is 0.352. The third-order valence-electron chi connectivity index (χ3n) is 3.36. The van der Waals surface area contributed by atoms with Gasteiger partial charge in [0.1, 0.15) is 0 Å². The van der Waals surface area contributed by atoms with Crippen molar-refractivity contribution in [3.05, 3.63) is 20.8 Å². The van der Waals surface area contributed by atoms with Gasteiger partial charge in [-0.3, -0.25) is 13.9 Å². The van der Waals surface area contributed by atoms with E-state index in [2.05, 4.69) is 15.3 Å². The predicted octanol–water partition coefficient (Wildman–Crippen LogP) is -0.994. The molecular weight excluding hydrogens is 260 g/mol. The van der Waals surface area contributed by atoms with Crippen LogP contribution in [0.4, 0.5) is 5.95 Å². The summed E-state index contributed by atoms with van der Waals surface area (Å²) in [7, 11) is 6.87. The topological polar surface area (TPSA) is 88.0 Å². The lowest BCUT2D eigenvalue weighted by Crippen LogP contribution is -2.36. The number of H-pyrrole nitrogens is 1. The molecule has 2 rings (SSSR count). The number of hydrogen-bond acceptors (Lipinski definition) is 5. The number of aromatic nitrogens is 4. The Balaban J connectivity index is 2.44. The Morgan fingerprint density at radius 3 is 2.65 bits per heavy atom. The summed E-state index contributed by atoms with van der Waals surface area (Å²) in [5.41, 5.74) is 0.00231. The highest BCUT2D eigenvalue weighted by Crippen LogP contribution is 2.11. The largest absolute Gasteiger partial charge is 0.345 e. The van der Waals surface area contributed by atoms with Crippen LogP contribution in [0.15, 0.2) is 9.59 Å². The van der Waals surface area contributed by atoms with Crippen LogP contribution in [-0.2, 0) is 14.1 Å². The minimum atomic E-state index is -0.376.